The van der Waals surface area contributed by atoms with Crippen molar-refractivity contribution in [3.63, 3.8) is 0 Å². The number of morpholine rings is 1. The molecule has 4 rings (SSSR count). The number of hydrogen-bond acceptors (Lipinski definition) is 6. The van der Waals surface area contributed by atoms with Gasteiger partial charge in [-0.05, 0) is 31.2 Å². The van der Waals surface area contributed by atoms with Crippen LogP contribution in [0.2, 0.25) is 0 Å². The molecular formula is C20H21F2N5O3S. The minimum absolute atomic E-state index is 0.0802. The molecule has 0 spiro atoms. The van der Waals surface area contributed by atoms with Crippen molar-refractivity contribution in [1.82, 2.24) is 14.8 Å². The molecule has 3 aromatic rings. The summed E-state index contributed by atoms with van der Waals surface area (Å²) in [6, 6.07) is 5.80. The smallest absolute Gasteiger partial charge is 0.263 e. The Bertz CT molecular complexity index is 1200. The number of anilines is 2. The number of sulfonamides is 1. The van der Waals surface area contributed by atoms with Gasteiger partial charge in [-0.25, -0.2) is 22.2 Å². The lowest BCUT2D eigenvalue weighted by atomic mass is 9.97. The molecule has 1 unspecified atom stereocenters. The number of rotatable bonds is 5. The first-order valence-electron chi connectivity index (χ1n) is 9.48. The number of aryl methyl sites for hydroxylation is 1. The van der Waals surface area contributed by atoms with E-state index in [0.29, 0.717) is 25.5 Å². The monoisotopic (exact) mass is 449 g/mol. The van der Waals surface area contributed by atoms with Gasteiger partial charge >= 0.3 is 0 Å². The second kappa shape index (κ2) is 7.89. The number of aromatic nitrogens is 3. The van der Waals surface area contributed by atoms with Crippen molar-refractivity contribution in [2.75, 3.05) is 29.3 Å². The van der Waals surface area contributed by atoms with E-state index in [1.54, 1.807) is 16.9 Å². The topological polar surface area (TPSA) is 89.4 Å². The van der Waals surface area contributed by atoms with E-state index in [1.807, 2.05) is 25.1 Å². The highest BCUT2D eigenvalue weighted by molar-refractivity contribution is 7.92. The first kappa shape index (κ1) is 21.2. The van der Waals surface area contributed by atoms with Gasteiger partial charge in [0.05, 0.1) is 25.0 Å². The number of benzene rings is 1. The molecular weight excluding hydrogens is 428 g/mol. The summed E-state index contributed by atoms with van der Waals surface area (Å²) in [6.07, 6.45) is 4.89. The van der Waals surface area contributed by atoms with Crippen LogP contribution in [0.3, 0.4) is 0 Å². The number of hydrogen-bond donors (Lipinski definition) is 1. The second-order valence-corrected chi connectivity index (χ2v) is 9.17. The van der Waals surface area contributed by atoms with Gasteiger partial charge in [0.2, 0.25) is 0 Å². The summed E-state index contributed by atoms with van der Waals surface area (Å²) in [5.41, 5.74) is 0.283. The molecule has 0 bridgehead atoms. The van der Waals surface area contributed by atoms with Gasteiger partial charge in [0, 0.05) is 37.6 Å². The number of halogens is 2. The minimum Gasteiger partial charge on any atom is -0.367 e. The predicted molar refractivity (Wildman–Crippen MR) is 110 cm³/mol. The number of pyridine rings is 1. The Morgan fingerprint density at radius 3 is 2.61 bits per heavy atom. The van der Waals surface area contributed by atoms with Gasteiger partial charge in [-0.1, -0.05) is 0 Å². The van der Waals surface area contributed by atoms with Gasteiger partial charge in [0.25, 0.3) is 10.0 Å². The number of nitrogens with zero attached hydrogens (tertiary/aromatic N) is 4. The van der Waals surface area contributed by atoms with E-state index >= 15 is 0 Å². The molecule has 1 fully saturated rings. The second-order valence-electron chi connectivity index (χ2n) is 7.49. The van der Waals surface area contributed by atoms with Crippen LogP contribution in [0.1, 0.15) is 12.5 Å². The zero-order valence-electron chi connectivity index (χ0n) is 16.9. The van der Waals surface area contributed by atoms with Crippen LogP contribution in [0, 0.1) is 11.6 Å². The van der Waals surface area contributed by atoms with E-state index in [9.17, 15) is 17.2 Å². The third-order valence-electron chi connectivity index (χ3n) is 5.12. The highest BCUT2D eigenvalue weighted by Gasteiger charge is 2.35. The van der Waals surface area contributed by atoms with Crippen molar-refractivity contribution in [2.45, 2.75) is 17.4 Å². The molecule has 3 heterocycles. The van der Waals surface area contributed by atoms with Crippen LogP contribution in [-0.4, -0.2) is 42.9 Å². The van der Waals surface area contributed by atoms with E-state index in [-0.39, 0.29) is 10.6 Å². The maximum atomic E-state index is 13.4. The molecule has 1 aliphatic heterocycles. The Balaban J connectivity index is 1.51. The average molecular weight is 449 g/mol. The quantitative estimate of drug-likeness (QED) is 0.644. The van der Waals surface area contributed by atoms with Crippen molar-refractivity contribution in [2.24, 2.45) is 7.05 Å². The van der Waals surface area contributed by atoms with Crippen LogP contribution >= 0.6 is 0 Å². The van der Waals surface area contributed by atoms with Crippen molar-refractivity contribution in [3.05, 3.63) is 66.1 Å². The summed E-state index contributed by atoms with van der Waals surface area (Å²) in [4.78, 5) is 6.22. The Labute approximate surface area is 178 Å². The van der Waals surface area contributed by atoms with Gasteiger partial charge < -0.3 is 9.64 Å². The molecule has 164 valence electrons. The lowest BCUT2D eigenvalue weighted by molar-refractivity contribution is -0.0468. The molecule has 1 aromatic carbocycles. The Kier molecular flexibility index (Phi) is 5.40. The summed E-state index contributed by atoms with van der Waals surface area (Å²) < 4.78 is 61.5. The molecule has 0 aliphatic carbocycles. The molecule has 11 heteroatoms. The molecule has 1 saturated heterocycles. The van der Waals surface area contributed by atoms with Crippen LogP contribution in [0.15, 0.2) is 53.8 Å². The lowest BCUT2D eigenvalue weighted by Gasteiger charge is -2.40. The van der Waals surface area contributed by atoms with Gasteiger partial charge in [0.1, 0.15) is 16.3 Å². The van der Waals surface area contributed by atoms with Gasteiger partial charge in [-0.3, -0.25) is 9.40 Å². The summed E-state index contributed by atoms with van der Waals surface area (Å²) in [6.45, 7) is 3.57. The molecule has 1 N–H and O–H groups in total. The molecule has 0 saturated carbocycles. The minimum atomic E-state index is -4.01. The Hall–Kier alpha value is -3.05. The van der Waals surface area contributed by atoms with E-state index in [1.165, 1.54) is 12.3 Å². The third kappa shape index (κ3) is 4.37. The fraction of sp³-hybridized carbons (Fsp3) is 0.300. The summed E-state index contributed by atoms with van der Waals surface area (Å²) in [5, 5.41) is 4.20. The van der Waals surface area contributed by atoms with Crippen molar-refractivity contribution in [1.29, 1.82) is 0 Å². The summed E-state index contributed by atoms with van der Waals surface area (Å²) in [7, 11) is -2.17. The number of ether oxygens (including phenoxy) is 1. The van der Waals surface area contributed by atoms with Gasteiger partial charge in [-0.2, -0.15) is 5.10 Å². The van der Waals surface area contributed by atoms with Crippen molar-refractivity contribution in [3.8, 4) is 0 Å². The fourth-order valence-corrected chi connectivity index (χ4v) is 4.42. The zero-order chi connectivity index (χ0) is 22.2. The molecule has 2 aromatic heterocycles. The highest BCUT2D eigenvalue weighted by Crippen LogP contribution is 2.31. The molecule has 1 atom stereocenters. The van der Waals surface area contributed by atoms with E-state index in [2.05, 4.69) is 14.8 Å². The maximum absolute atomic E-state index is 13.4. The standard InChI is InChI=1S/C20H21F2N5O3S/c1-20(14-10-24-26(2)12-14)13-27(7-8-30-20)19-6-4-16(11-23-19)31(28,29)25-15-3-5-17(21)18(22)9-15/h3-6,9-12,25H,7-8,13H2,1-2H3. The summed E-state index contributed by atoms with van der Waals surface area (Å²) >= 11 is 0. The predicted octanol–water partition coefficient (Wildman–Crippen LogP) is 2.65. The first-order valence-corrected chi connectivity index (χ1v) is 11.0. The number of nitrogens with one attached hydrogen (secondary N) is 1. The van der Waals surface area contributed by atoms with E-state index in [0.717, 1.165) is 23.8 Å². The van der Waals surface area contributed by atoms with Crippen LogP contribution in [0.5, 0.6) is 0 Å². The SMILES string of the molecule is Cn1cc(C2(C)CN(c3ccc(S(=O)(=O)Nc4ccc(F)c(F)c4)cn3)CCO2)cn1. The molecule has 1 aliphatic rings. The average Bonchev–Trinajstić information content (AvgIpc) is 3.18. The molecule has 8 nitrogen and oxygen atoms in total. The lowest BCUT2D eigenvalue weighted by Crippen LogP contribution is -2.48. The van der Waals surface area contributed by atoms with Gasteiger partial charge in [-0.15, -0.1) is 0 Å². The fourth-order valence-electron chi connectivity index (χ4n) is 3.43. The first-order chi connectivity index (χ1) is 14.7. The third-order valence-corrected chi connectivity index (χ3v) is 6.48. The van der Waals surface area contributed by atoms with E-state index in [4.69, 9.17) is 4.74 Å². The molecule has 0 radical (unpaired) electrons. The van der Waals surface area contributed by atoms with Crippen LogP contribution in [0.25, 0.3) is 0 Å². The highest BCUT2D eigenvalue weighted by atomic mass is 32.2. The van der Waals surface area contributed by atoms with Crippen LogP contribution in [0.4, 0.5) is 20.3 Å². The largest absolute Gasteiger partial charge is 0.367 e. The maximum Gasteiger partial charge on any atom is 0.263 e. The normalized spacial score (nSPS) is 19.4. The zero-order valence-corrected chi connectivity index (χ0v) is 17.7. The Morgan fingerprint density at radius 1 is 1.16 bits per heavy atom. The van der Waals surface area contributed by atoms with Crippen LogP contribution in [-0.2, 0) is 27.4 Å². The van der Waals surface area contributed by atoms with Crippen molar-refractivity contribution < 1.29 is 21.9 Å². The Morgan fingerprint density at radius 2 is 1.97 bits per heavy atom. The van der Waals surface area contributed by atoms with Crippen molar-refractivity contribution >= 4 is 21.5 Å². The molecule has 0 amide bonds. The summed E-state index contributed by atoms with van der Waals surface area (Å²) in [5.74, 6) is -1.60. The van der Waals surface area contributed by atoms with E-state index < -0.39 is 27.3 Å². The van der Waals surface area contributed by atoms with Gasteiger partial charge in [0.15, 0.2) is 11.6 Å². The van der Waals surface area contributed by atoms with Crippen LogP contribution < -0.4 is 9.62 Å². The molecule has 31 heavy (non-hydrogen) atoms.